The zero-order valence-electron chi connectivity index (χ0n) is 11.6. The Morgan fingerprint density at radius 2 is 1.95 bits per heavy atom. The van der Waals surface area contributed by atoms with Crippen LogP contribution in [-0.2, 0) is 19.6 Å². The van der Waals surface area contributed by atoms with Gasteiger partial charge in [0, 0.05) is 12.0 Å². The van der Waals surface area contributed by atoms with Crippen LogP contribution in [0.1, 0.15) is 32.6 Å². The molecule has 1 N–H and O–H groups in total. The molecule has 0 amide bonds. The fraction of sp³-hybridized carbons (Fsp3) is 0.769. The Balaban J connectivity index is 1.95. The summed E-state index contributed by atoms with van der Waals surface area (Å²) in [4.78, 5) is 11.5. The molecule has 120 valence electrons. The summed E-state index contributed by atoms with van der Waals surface area (Å²) in [5, 5.41) is -4.12. The van der Waals surface area contributed by atoms with E-state index in [1.807, 2.05) is 0 Å². The van der Waals surface area contributed by atoms with Crippen molar-refractivity contribution >= 4 is 16.1 Å². The highest BCUT2D eigenvalue weighted by Crippen LogP contribution is 2.53. The van der Waals surface area contributed by atoms with E-state index < -0.39 is 33.7 Å². The molecule has 2 fully saturated rings. The summed E-state index contributed by atoms with van der Waals surface area (Å²) < 4.78 is 61.9. The van der Waals surface area contributed by atoms with E-state index in [1.54, 1.807) is 0 Å². The van der Waals surface area contributed by atoms with Gasteiger partial charge < -0.3 is 4.74 Å². The number of carbonyl (C=O) groups is 1. The van der Waals surface area contributed by atoms with E-state index in [4.69, 9.17) is 9.29 Å². The van der Waals surface area contributed by atoms with Gasteiger partial charge in [0.2, 0.25) is 0 Å². The molecule has 0 heterocycles. The Kier molecular flexibility index (Phi) is 4.14. The highest BCUT2D eigenvalue weighted by Gasteiger charge is 2.53. The number of carbonyl (C=O) groups excluding carboxylic acids is 1. The minimum absolute atomic E-state index is 0.0273. The molecule has 2 rings (SSSR count). The van der Waals surface area contributed by atoms with Crippen LogP contribution in [0.15, 0.2) is 12.2 Å². The fourth-order valence-corrected chi connectivity index (χ4v) is 3.81. The van der Waals surface area contributed by atoms with Crippen molar-refractivity contribution in [3.63, 3.8) is 0 Å². The highest BCUT2D eigenvalue weighted by molar-refractivity contribution is 7.86. The van der Waals surface area contributed by atoms with Crippen LogP contribution < -0.4 is 0 Å². The van der Waals surface area contributed by atoms with Crippen LogP contribution >= 0.6 is 0 Å². The van der Waals surface area contributed by atoms with Crippen molar-refractivity contribution in [1.29, 1.82) is 0 Å². The molecule has 2 saturated carbocycles. The third-order valence-electron chi connectivity index (χ3n) is 4.42. The monoisotopic (exact) mass is 324 g/mol. The number of ether oxygens (including phenoxy) is 1. The lowest BCUT2D eigenvalue weighted by atomic mass is 9.85. The second kappa shape index (κ2) is 5.31. The summed E-state index contributed by atoms with van der Waals surface area (Å²) >= 11 is 0. The molecule has 2 bridgehead atoms. The van der Waals surface area contributed by atoms with Crippen molar-refractivity contribution in [2.75, 3.05) is 0 Å². The normalized spacial score (nSPS) is 32.2. The largest absolute Gasteiger partial charge is 0.459 e. The zero-order valence-corrected chi connectivity index (χ0v) is 12.4. The van der Waals surface area contributed by atoms with E-state index in [1.165, 1.54) is 6.92 Å². The molecule has 4 unspecified atom stereocenters. The lowest BCUT2D eigenvalue weighted by Crippen LogP contribution is -2.34. The second-order valence-electron chi connectivity index (χ2n) is 6.03. The number of esters is 1. The fourth-order valence-electron chi connectivity index (χ4n) is 3.38. The van der Waals surface area contributed by atoms with Gasteiger partial charge >= 0.3 is 21.3 Å². The second-order valence-corrected chi connectivity index (χ2v) is 7.58. The third kappa shape index (κ3) is 3.26. The van der Waals surface area contributed by atoms with Gasteiger partial charge in [-0.1, -0.05) is 6.58 Å². The molecular weight excluding hydrogens is 306 g/mol. The van der Waals surface area contributed by atoms with Gasteiger partial charge in [0.1, 0.15) is 6.10 Å². The lowest BCUT2D eigenvalue weighted by Gasteiger charge is -2.29. The standard InChI is InChI=1S/C13H18F2O5S/c1-7(2)12(16)20-11-5-8-3-9(11)4-10(8)6-13(14,15)21(17,18)19/h8-11H,1,3-6H2,2H3,(H,17,18,19). The molecule has 5 nitrogen and oxygen atoms in total. The molecule has 4 atom stereocenters. The maximum absolute atomic E-state index is 13.4. The average Bonchev–Trinajstić information content (AvgIpc) is 2.86. The van der Waals surface area contributed by atoms with E-state index in [2.05, 4.69) is 6.58 Å². The lowest BCUT2D eigenvalue weighted by molar-refractivity contribution is -0.147. The number of hydrogen-bond acceptors (Lipinski definition) is 4. The summed E-state index contributed by atoms with van der Waals surface area (Å²) in [6.07, 6.45) is 0.281. The molecule has 0 aromatic heterocycles. The summed E-state index contributed by atoms with van der Waals surface area (Å²) in [6.45, 7) is 5.01. The molecule has 0 aromatic carbocycles. The van der Waals surface area contributed by atoms with E-state index in [9.17, 15) is 22.0 Å². The van der Waals surface area contributed by atoms with Gasteiger partial charge in [-0.15, -0.1) is 0 Å². The van der Waals surface area contributed by atoms with Gasteiger partial charge in [-0.05, 0) is 43.9 Å². The van der Waals surface area contributed by atoms with Gasteiger partial charge in [-0.2, -0.15) is 17.2 Å². The highest BCUT2D eigenvalue weighted by atomic mass is 32.2. The third-order valence-corrected chi connectivity index (χ3v) is 5.34. The SMILES string of the molecule is C=C(C)C(=O)OC1CC2CC1CC2CC(F)(F)S(=O)(=O)O. The summed E-state index contributed by atoms with van der Waals surface area (Å²) in [7, 11) is -5.38. The van der Waals surface area contributed by atoms with Gasteiger partial charge in [0.25, 0.3) is 0 Å². The molecule has 0 saturated heterocycles. The predicted molar refractivity (Wildman–Crippen MR) is 70.1 cm³/mol. The first kappa shape index (κ1) is 16.4. The number of alkyl halides is 2. The van der Waals surface area contributed by atoms with E-state index >= 15 is 0 Å². The Morgan fingerprint density at radius 3 is 2.38 bits per heavy atom. The molecule has 21 heavy (non-hydrogen) atoms. The molecule has 0 aromatic rings. The van der Waals surface area contributed by atoms with Crippen LogP contribution in [0, 0.1) is 17.8 Å². The van der Waals surface area contributed by atoms with Crippen LogP contribution in [-0.4, -0.2) is 30.3 Å². The van der Waals surface area contributed by atoms with E-state index in [0.717, 1.165) is 0 Å². The maximum Gasteiger partial charge on any atom is 0.370 e. The average molecular weight is 324 g/mol. The topological polar surface area (TPSA) is 80.7 Å². The van der Waals surface area contributed by atoms with Crippen molar-refractivity contribution < 1.29 is 31.3 Å². The molecule has 0 radical (unpaired) electrons. The van der Waals surface area contributed by atoms with Gasteiger partial charge in [-0.3, -0.25) is 4.55 Å². The van der Waals surface area contributed by atoms with Gasteiger partial charge in [0.15, 0.2) is 0 Å². The predicted octanol–water partition coefficient (Wildman–Crippen LogP) is 2.39. The first-order chi connectivity index (χ1) is 9.51. The zero-order chi connectivity index (χ0) is 16.0. The Hall–Kier alpha value is -1.02. The van der Waals surface area contributed by atoms with Gasteiger partial charge in [0.05, 0.1) is 0 Å². The summed E-state index contributed by atoms with van der Waals surface area (Å²) in [5.41, 5.74) is 0.284. The van der Waals surface area contributed by atoms with E-state index in [0.29, 0.717) is 19.3 Å². The molecule has 8 heteroatoms. The first-order valence-electron chi connectivity index (χ1n) is 6.72. The minimum atomic E-state index is -5.38. The Labute approximate surface area is 122 Å². The smallest absolute Gasteiger partial charge is 0.370 e. The van der Waals surface area contributed by atoms with Crippen molar-refractivity contribution in [2.24, 2.45) is 17.8 Å². The minimum Gasteiger partial charge on any atom is -0.459 e. The van der Waals surface area contributed by atoms with Crippen molar-refractivity contribution in [3.05, 3.63) is 12.2 Å². The van der Waals surface area contributed by atoms with Crippen LogP contribution in [0.4, 0.5) is 8.78 Å². The summed E-state index contributed by atoms with van der Waals surface area (Å²) in [5.74, 6) is -1.11. The quantitative estimate of drug-likeness (QED) is 0.477. The molecule has 0 aliphatic heterocycles. The molecule has 0 spiro atoms. The number of halogens is 2. The van der Waals surface area contributed by atoms with Crippen molar-refractivity contribution in [1.82, 2.24) is 0 Å². The Bertz CT molecular complexity index is 557. The molecule has 2 aliphatic carbocycles. The Morgan fingerprint density at radius 1 is 1.33 bits per heavy atom. The van der Waals surface area contributed by atoms with Crippen LogP contribution in [0.3, 0.4) is 0 Å². The molecule has 2 aliphatic rings. The first-order valence-corrected chi connectivity index (χ1v) is 8.16. The van der Waals surface area contributed by atoms with Crippen molar-refractivity contribution in [3.8, 4) is 0 Å². The summed E-state index contributed by atoms with van der Waals surface area (Å²) in [6, 6.07) is 0. The number of rotatable bonds is 5. The maximum atomic E-state index is 13.4. The van der Waals surface area contributed by atoms with Crippen LogP contribution in [0.2, 0.25) is 0 Å². The van der Waals surface area contributed by atoms with E-state index in [-0.39, 0.29) is 23.5 Å². The van der Waals surface area contributed by atoms with Gasteiger partial charge in [-0.25, -0.2) is 4.79 Å². The number of fused-ring (bicyclic) bond motifs is 2. The molecular formula is C13H18F2O5S. The van der Waals surface area contributed by atoms with Crippen LogP contribution in [0.5, 0.6) is 0 Å². The van der Waals surface area contributed by atoms with Crippen LogP contribution in [0.25, 0.3) is 0 Å². The van der Waals surface area contributed by atoms with Crippen molar-refractivity contribution in [2.45, 2.75) is 44.0 Å². The number of hydrogen-bond donors (Lipinski definition) is 1.